The average Bonchev–Trinajstić information content (AvgIpc) is 3.30. The molecular formula is C16H23N3O. The highest BCUT2D eigenvalue weighted by molar-refractivity contribution is 5.78. The van der Waals surface area contributed by atoms with Crippen LogP contribution in [0, 0.1) is 0 Å². The summed E-state index contributed by atoms with van der Waals surface area (Å²) in [5, 5.41) is 0. The van der Waals surface area contributed by atoms with Crippen molar-refractivity contribution in [1.29, 1.82) is 0 Å². The minimum absolute atomic E-state index is 0.259. The summed E-state index contributed by atoms with van der Waals surface area (Å²) in [7, 11) is 1.94. The summed E-state index contributed by atoms with van der Waals surface area (Å²) in [4.78, 5) is 16.5. The molecule has 0 radical (unpaired) electrons. The Balaban J connectivity index is 1.60. The molecule has 0 saturated heterocycles. The van der Waals surface area contributed by atoms with Gasteiger partial charge in [0.2, 0.25) is 5.91 Å². The smallest absolute Gasteiger partial charge is 0.236 e. The summed E-state index contributed by atoms with van der Waals surface area (Å²) in [5.74, 6) is 0.259. The van der Waals surface area contributed by atoms with Crippen molar-refractivity contribution in [2.45, 2.75) is 44.3 Å². The summed E-state index contributed by atoms with van der Waals surface area (Å²) in [6.45, 7) is 1.39. The van der Waals surface area contributed by atoms with E-state index in [1.807, 2.05) is 24.1 Å². The van der Waals surface area contributed by atoms with E-state index in [1.54, 1.807) is 0 Å². The first-order chi connectivity index (χ1) is 9.63. The maximum atomic E-state index is 12.3. The number of carbonyl (C=O) groups excluding carboxylic acids is 1. The second-order valence-electron chi connectivity index (χ2n) is 6.11. The molecular weight excluding hydrogens is 250 g/mol. The molecule has 0 spiro atoms. The highest BCUT2D eigenvalue weighted by Crippen LogP contribution is 2.30. The fourth-order valence-electron chi connectivity index (χ4n) is 2.56. The van der Waals surface area contributed by atoms with Gasteiger partial charge in [-0.25, -0.2) is 0 Å². The molecule has 0 aromatic heterocycles. The second-order valence-corrected chi connectivity index (χ2v) is 6.11. The number of rotatable bonds is 6. The number of hydrogen-bond acceptors (Lipinski definition) is 3. The molecule has 2 N–H and O–H groups in total. The second kappa shape index (κ2) is 5.44. The monoisotopic (exact) mass is 273 g/mol. The predicted octanol–water partition coefficient (Wildman–Crippen LogP) is 1.85. The molecule has 0 atom stereocenters. The van der Waals surface area contributed by atoms with Gasteiger partial charge in [-0.05, 0) is 43.4 Å². The van der Waals surface area contributed by atoms with E-state index in [9.17, 15) is 4.79 Å². The summed E-state index contributed by atoms with van der Waals surface area (Å²) in [6.07, 6.45) is 4.78. The fraction of sp³-hybridized carbons (Fsp3) is 0.562. The topological polar surface area (TPSA) is 49.6 Å². The Bertz CT molecular complexity index is 477. The van der Waals surface area contributed by atoms with Gasteiger partial charge >= 0.3 is 0 Å². The van der Waals surface area contributed by atoms with Crippen LogP contribution in [0.25, 0.3) is 0 Å². The molecule has 0 heterocycles. The van der Waals surface area contributed by atoms with E-state index < -0.39 is 0 Å². The van der Waals surface area contributed by atoms with Crippen molar-refractivity contribution in [3.8, 4) is 0 Å². The van der Waals surface area contributed by atoms with E-state index >= 15 is 0 Å². The van der Waals surface area contributed by atoms with E-state index in [2.05, 4.69) is 17.0 Å². The number of nitrogens with zero attached hydrogens (tertiary/aromatic N) is 2. The zero-order chi connectivity index (χ0) is 14.1. The number of amides is 1. The Morgan fingerprint density at radius 2 is 1.75 bits per heavy atom. The van der Waals surface area contributed by atoms with Gasteiger partial charge in [-0.15, -0.1) is 0 Å². The summed E-state index contributed by atoms with van der Waals surface area (Å²) >= 11 is 0. The Morgan fingerprint density at radius 3 is 2.30 bits per heavy atom. The van der Waals surface area contributed by atoms with Gasteiger partial charge in [-0.2, -0.15) is 0 Å². The molecule has 4 nitrogen and oxygen atoms in total. The summed E-state index contributed by atoms with van der Waals surface area (Å²) in [6, 6.07) is 9.06. The first-order valence-corrected chi connectivity index (χ1v) is 7.47. The molecule has 1 aromatic carbocycles. The van der Waals surface area contributed by atoms with E-state index in [4.69, 9.17) is 5.73 Å². The Kier molecular flexibility index (Phi) is 3.66. The predicted molar refractivity (Wildman–Crippen MR) is 80.1 cm³/mol. The van der Waals surface area contributed by atoms with Crippen LogP contribution in [0.4, 0.5) is 5.69 Å². The number of anilines is 1. The molecule has 3 rings (SSSR count). The van der Waals surface area contributed by atoms with Crippen molar-refractivity contribution < 1.29 is 4.79 Å². The van der Waals surface area contributed by atoms with Crippen LogP contribution in [0.15, 0.2) is 24.3 Å². The third kappa shape index (κ3) is 3.31. The Labute approximate surface area is 120 Å². The van der Waals surface area contributed by atoms with Gasteiger partial charge in [0.25, 0.3) is 0 Å². The van der Waals surface area contributed by atoms with Crippen LogP contribution in [0.5, 0.6) is 0 Å². The first-order valence-electron chi connectivity index (χ1n) is 7.47. The fourth-order valence-corrected chi connectivity index (χ4v) is 2.56. The van der Waals surface area contributed by atoms with Crippen LogP contribution < -0.4 is 5.73 Å². The lowest BCUT2D eigenvalue weighted by molar-refractivity contribution is -0.131. The van der Waals surface area contributed by atoms with Crippen molar-refractivity contribution >= 4 is 11.6 Å². The number of likely N-dealkylation sites (N-methyl/N-ethyl adjacent to an activating group) is 1. The molecule has 0 bridgehead atoms. The molecule has 108 valence electrons. The number of nitrogens with two attached hydrogens (primary N) is 1. The quantitative estimate of drug-likeness (QED) is 0.805. The number of nitrogen functional groups attached to an aromatic ring is 1. The normalized spacial score (nSPS) is 18.3. The Hall–Kier alpha value is -1.55. The lowest BCUT2D eigenvalue weighted by atomic mass is 10.2. The Morgan fingerprint density at radius 1 is 1.15 bits per heavy atom. The van der Waals surface area contributed by atoms with Crippen LogP contribution in [0.1, 0.15) is 31.2 Å². The van der Waals surface area contributed by atoms with E-state index in [1.165, 1.54) is 31.2 Å². The lowest BCUT2D eigenvalue weighted by Crippen LogP contribution is -2.40. The highest BCUT2D eigenvalue weighted by Gasteiger charge is 2.34. The van der Waals surface area contributed by atoms with Crippen molar-refractivity contribution in [3.63, 3.8) is 0 Å². The van der Waals surface area contributed by atoms with Crippen LogP contribution in [0.3, 0.4) is 0 Å². The zero-order valence-electron chi connectivity index (χ0n) is 12.1. The molecule has 2 saturated carbocycles. The van der Waals surface area contributed by atoms with Crippen molar-refractivity contribution in [2.75, 3.05) is 19.3 Å². The molecule has 2 fully saturated rings. The third-order valence-corrected chi connectivity index (χ3v) is 4.25. The SMILES string of the molecule is CN(C(=O)CN(Cc1ccc(N)cc1)C1CC1)C1CC1. The highest BCUT2D eigenvalue weighted by atomic mass is 16.2. The molecule has 20 heavy (non-hydrogen) atoms. The van der Waals surface area contributed by atoms with Crippen LogP contribution in [-0.2, 0) is 11.3 Å². The minimum atomic E-state index is 0.259. The number of hydrogen-bond donors (Lipinski definition) is 1. The van der Waals surface area contributed by atoms with Gasteiger partial charge in [0.1, 0.15) is 0 Å². The van der Waals surface area contributed by atoms with Gasteiger partial charge in [0.05, 0.1) is 6.54 Å². The maximum absolute atomic E-state index is 12.3. The third-order valence-electron chi connectivity index (χ3n) is 4.25. The average molecular weight is 273 g/mol. The molecule has 4 heteroatoms. The molecule has 1 aromatic rings. The van der Waals surface area contributed by atoms with Gasteiger partial charge in [-0.3, -0.25) is 9.69 Å². The van der Waals surface area contributed by atoms with Crippen molar-refractivity contribution in [2.24, 2.45) is 0 Å². The van der Waals surface area contributed by atoms with E-state index in [-0.39, 0.29) is 5.91 Å². The molecule has 2 aliphatic rings. The number of carbonyl (C=O) groups is 1. The van der Waals surface area contributed by atoms with Crippen LogP contribution in [-0.4, -0.2) is 41.4 Å². The van der Waals surface area contributed by atoms with Crippen molar-refractivity contribution in [1.82, 2.24) is 9.80 Å². The minimum Gasteiger partial charge on any atom is -0.399 e. The summed E-state index contributed by atoms with van der Waals surface area (Å²) < 4.78 is 0. The standard InChI is InChI=1S/C16H23N3O/c1-18(14-6-7-14)16(20)11-19(15-8-9-15)10-12-2-4-13(17)5-3-12/h2-5,14-15H,6-11,17H2,1H3. The zero-order valence-corrected chi connectivity index (χ0v) is 12.1. The van der Waals surface area contributed by atoms with Gasteiger partial charge in [0, 0.05) is 31.4 Å². The van der Waals surface area contributed by atoms with E-state index in [0.29, 0.717) is 18.6 Å². The lowest BCUT2D eigenvalue weighted by Gasteiger charge is -2.25. The summed E-state index contributed by atoms with van der Waals surface area (Å²) in [5.41, 5.74) is 7.73. The molecule has 1 amide bonds. The van der Waals surface area contributed by atoms with Crippen LogP contribution in [0.2, 0.25) is 0 Å². The maximum Gasteiger partial charge on any atom is 0.236 e. The van der Waals surface area contributed by atoms with Gasteiger partial charge in [0.15, 0.2) is 0 Å². The molecule has 0 aliphatic heterocycles. The van der Waals surface area contributed by atoms with Crippen molar-refractivity contribution in [3.05, 3.63) is 29.8 Å². The van der Waals surface area contributed by atoms with Crippen LogP contribution >= 0.6 is 0 Å². The molecule has 0 unspecified atom stereocenters. The molecule has 2 aliphatic carbocycles. The first kappa shape index (κ1) is 13.4. The number of benzene rings is 1. The van der Waals surface area contributed by atoms with Gasteiger partial charge in [-0.1, -0.05) is 12.1 Å². The van der Waals surface area contributed by atoms with E-state index in [0.717, 1.165) is 12.2 Å². The van der Waals surface area contributed by atoms with Gasteiger partial charge < -0.3 is 10.6 Å². The largest absolute Gasteiger partial charge is 0.399 e.